The van der Waals surface area contributed by atoms with Crippen LogP contribution in [0.5, 0.6) is 0 Å². The average molecular weight is 184 g/mol. The Balaban J connectivity index is 2.12. The Bertz CT molecular complexity index is 144. The number of nitrogens with zero attached hydrogens (tertiary/aromatic N) is 2. The van der Waals surface area contributed by atoms with Crippen LogP contribution in [0.1, 0.15) is 26.2 Å². The zero-order valence-corrected chi connectivity index (χ0v) is 8.54. The van der Waals surface area contributed by atoms with Crippen molar-refractivity contribution in [2.75, 3.05) is 32.7 Å². The molecule has 76 valence electrons. The van der Waals surface area contributed by atoms with Crippen LogP contribution in [0.4, 0.5) is 0 Å². The van der Waals surface area contributed by atoms with Gasteiger partial charge < -0.3 is 9.80 Å². The first-order valence-corrected chi connectivity index (χ1v) is 5.28. The second-order valence-electron chi connectivity index (χ2n) is 3.64. The Morgan fingerprint density at radius 2 is 2.00 bits per heavy atom. The third-order valence-electron chi connectivity index (χ3n) is 2.71. The number of hydrogen-bond acceptors (Lipinski definition) is 2. The highest BCUT2D eigenvalue weighted by molar-refractivity contribution is 5.46. The number of rotatable bonds is 5. The summed E-state index contributed by atoms with van der Waals surface area (Å²) in [6.07, 6.45) is 4.98. The van der Waals surface area contributed by atoms with Crippen LogP contribution in [0.2, 0.25) is 0 Å². The van der Waals surface area contributed by atoms with Gasteiger partial charge in [0.1, 0.15) is 0 Å². The molecule has 1 amide bonds. The molecule has 0 atom stereocenters. The fraction of sp³-hybridized carbons (Fsp3) is 0.900. The molecule has 0 N–H and O–H groups in total. The molecule has 0 aliphatic carbocycles. The Kier molecular flexibility index (Phi) is 4.83. The smallest absolute Gasteiger partial charge is 0.209 e. The molecule has 1 aliphatic rings. The topological polar surface area (TPSA) is 23.6 Å². The molecular formula is C10H20N2O. The Morgan fingerprint density at radius 1 is 1.31 bits per heavy atom. The lowest BCUT2D eigenvalue weighted by Crippen LogP contribution is -2.37. The number of carbonyl (C=O) groups excluding carboxylic acids is 1. The van der Waals surface area contributed by atoms with Crippen molar-refractivity contribution in [1.82, 2.24) is 9.80 Å². The Morgan fingerprint density at radius 3 is 2.54 bits per heavy atom. The lowest BCUT2D eigenvalue weighted by Gasteiger charge is -2.28. The van der Waals surface area contributed by atoms with Gasteiger partial charge in [0.2, 0.25) is 6.41 Å². The van der Waals surface area contributed by atoms with Crippen molar-refractivity contribution in [3.05, 3.63) is 0 Å². The van der Waals surface area contributed by atoms with Crippen LogP contribution in [-0.4, -0.2) is 48.9 Å². The van der Waals surface area contributed by atoms with E-state index in [2.05, 4.69) is 4.90 Å². The van der Waals surface area contributed by atoms with Crippen molar-refractivity contribution in [1.29, 1.82) is 0 Å². The van der Waals surface area contributed by atoms with Gasteiger partial charge in [0.25, 0.3) is 0 Å². The highest BCUT2D eigenvalue weighted by Gasteiger charge is 2.10. The Hall–Kier alpha value is -0.570. The van der Waals surface area contributed by atoms with Crippen LogP contribution in [0, 0.1) is 0 Å². The molecular weight excluding hydrogens is 164 g/mol. The first kappa shape index (κ1) is 10.5. The molecule has 1 rings (SSSR count). The van der Waals surface area contributed by atoms with Gasteiger partial charge in [-0.15, -0.1) is 0 Å². The third kappa shape index (κ3) is 3.77. The number of piperidine rings is 1. The zero-order chi connectivity index (χ0) is 9.52. The van der Waals surface area contributed by atoms with E-state index >= 15 is 0 Å². The molecule has 0 spiro atoms. The monoisotopic (exact) mass is 184 g/mol. The number of likely N-dealkylation sites (tertiary alicyclic amines) is 1. The molecule has 3 heteroatoms. The van der Waals surface area contributed by atoms with E-state index in [1.165, 1.54) is 32.4 Å². The van der Waals surface area contributed by atoms with E-state index in [-0.39, 0.29) is 0 Å². The SMILES string of the molecule is CCN(C=O)CCN1CCCCC1. The molecule has 0 bridgehead atoms. The second-order valence-corrected chi connectivity index (χ2v) is 3.64. The van der Waals surface area contributed by atoms with E-state index in [9.17, 15) is 4.79 Å². The molecule has 3 nitrogen and oxygen atoms in total. The maximum absolute atomic E-state index is 10.5. The fourth-order valence-electron chi connectivity index (χ4n) is 1.74. The van der Waals surface area contributed by atoms with Crippen LogP contribution >= 0.6 is 0 Å². The third-order valence-corrected chi connectivity index (χ3v) is 2.71. The molecule has 0 saturated carbocycles. The van der Waals surface area contributed by atoms with Gasteiger partial charge in [0, 0.05) is 19.6 Å². The molecule has 0 unspecified atom stereocenters. The first-order chi connectivity index (χ1) is 6.36. The maximum atomic E-state index is 10.5. The van der Waals surface area contributed by atoms with Crippen molar-refractivity contribution in [2.24, 2.45) is 0 Å². The number of hydrogen-bond donors (Lipinski definition) is 0. The van der Waals surface area contributed by atoms with Crippen molar-refractivity contribution >= 4 is 6.41 Å². The summed E-state index contributed by atoms with van der Waals surface area (Å²) < 4.78 is 0. The van der Waals surface area contributed by atoms with Crippen molar-refractivity contribution in [3.63, 3.8) is 0 Å². The molecule has 1 heterocycles. The van der Waals surface area contributed by atoms with E-state index < -0.39 is 0 Å². The van der Waals surface area contributed by atoms with Crippen LogP contribution in [0.15, 0.2) is 0 Å². The minimum Gasteiger partial charge on any atom is -0.344 e. The summed E-state index contributed by atoms with van der Waals surface area (Å²) in [6.45, 7) is 7.22. The molecule has 0 aromatic carbocycles. The maximum Gasteiger partial charge on any atom is 0.209 e. The number of carbonyl (C=O) groups is 1. The highest BCUT2D eigenvalue weighted by atomic mass is 16.1. The summed E-state index contributed by atoms with van der Waals surface area (Å²) in [4.78, 5) is 14.8. The number of likely N-dealkylation sites (N-methyl/N-ethyl adjacent to an activating group) is 1. The van der Waals surface area contributed by atoms with Gasteiger partial charge in [0.15, 0.2) is 0 Å². The summed E-state index contributed by atoms with van der Waals surface area (Å²) in [5.74, 6) is 0. The molecule has 0 aromatic rings. The molecule has 0 radical (unpaired) electrons. The van der Waals surface area contributed by atoms with E-state index in [4.69, 9.17) is 0 Å². The lowest BCUT2D eigenvalue weighted by atomic mass is 10.1. The van der Waals surface area contributed by atoms with Gasteiger partial charge in [-0.2, -0.15) is 0 Å². The predicted octanol–water partition coefficient (Wildman–Crippen LogP) is 0.951. The van der Waals surface area contributed by atoms with Gasteiger partial charge in [-0.05, 0) is 32.9 Å². The summed E-state index contributed by atoms with van der Waals surface area (Å²) in [5, 5.41) is 0. The quantitative estimate of drug-likeness (QED) is 0.594. The summed E-state index contributed by atoms with van der Waals surface area (Å²) in [7, 11) is 0. The molecule has 0 aromatic heterocycles. The standard InChI is InChI=1S/C10H20N2O/c1-2-11(10-13)8-9-12-6-4-3-5-7-12/h10H,2-9H2,1H3. The fourth-order valence-corrected chi connectivity index (χ4v) is 1.74. The van der Waals surface area contributed by atoms with Gasteiger partial charge in [0.05, 0.1) is 0 Å². The van der Waals surface area contributed by atoms with Gasteiger partial charge >= 0.3 is 0 Å². The predicted molar refractivity (Wildman–Crippen MR) is 53.6 cm³/mol. The van der Waals surface area contributed by atoms with Crippen LogP contribution in [-0.2, 0) is 4.79 Å². The summed E-state index contributed by atoms with van der Waals surface area (Å²) in [5.41, 5.74) is 0. The molecule has 1 aliphatic heterocycles. The lowest BCUT2D eigenvalue weighted by molar-refractivity contribution is -0.118. The van der Waals surface area contributed by atoms with Crippen molar-refractivity contribution in [3.8, 4) is 0 Å². The highest BCUT2D eigenvalue weighted by Crippen LogP contribution is 2.07. The van der Waals surface area contributed by atoms with Crippen LogP contribution in [0.3, 0.4) is 0 Å². The average Bonchev–Trinajstić information content (AvgIpc) is 2.21. The second kappa shape index (κ2) is 5.97. The summed E-state index contributed by atoms with van der Waals surface area (Å²) >= 11 is 0. The van der Waals surface area contributed by atoms with Gasteiger partial charge in [-0.3, -0.25) is 4.79 Å². The van der Waals surface area contributed by atoms with E-state index in [0.29, 0.717) is 0 Å². The van der Waals surface area contributed by atoms with Gasteiger partial charge in [-0.1, -0.05) is 6.42 Å². The van der Waals surface area contributed by atoms with Crippen LogP contribution < -0.4 is 0 Å². The minimum absolute atomic E-state index is 0.831. The van der Waals surface area contributed by atoms with Crippen molar-refractivity contribution in [2.45, 2.75) is 26.2 Å². The summed E-state index contributed by atoms with van der Waals surface area (Å²) in [6, 6.07) is 0. The van der Waals surface area contributed by atoms with E-state index in [1.54, 1.807) is 0 Å². The largest absolute Gasteiger partial charge is 0.344 e. The Labute approximate surface area is 80.7 Å². The minimum atomic E-state index is 0.831. The first-order valence-electron chi connectivity index (χ1n) is 5.28. The normalized spacial score (nSPS) is 18.5. The molecule has 1 saturated heterocycles. The van der Waals surface area contributed by atoms with E-state index in [1.807, 2.05) is 11.8 Å². The van der Waals surface area contributed by atoms with Crippen molar-refractivity contribution < 1.29 is 4.79 Å². The van der Waals surface area contributed by atoms with Crippen LogP contribution in [0.25, 0.3) is 0 Å². The number of amides is 1. The zero-order valence-electron chi connectivity index (χ0n) is 8.54. The van der Waals surface area contributed by atoms with Gasteiger partial charge in [-0.25, -0.2) is 0 Å². The molecule has 13 heavy (non-hydrogen) atoms. The molecule has 1 fully saturated rings. The van der Waals surface area contributed by atoms with E-state index in [0.717, 1.165) is 26.0 Å².